The fourth-order valence-corrected chi connectivity index (χ4v) is 4.13. The SMILES string of the molecule is Cc1cccc(-n2nc(C(=O)N3CCc4[nH]nc(-c5ccc(Cl)cc5)c4C3)c(O)cc2=O)c1. The first kappa shape index (κ1) is 21.0. The zero-order chi connectivity index (χ0) is 23.1. The molecular weight excluding hydrogens is 442 g/mol. The van der Waals surface area contributed by atoms with Crippen LogP contribution >= 0.6 is 11.6 Å². The van der Waals surface area contributed by atoms with Crippen molar-refractivity contribution in [1.82, 2.24) is 24.9 Å². The van der Waals surface area contributed by atoms with E-state index in [0.29, 0.717) is 30.2 Å². The largest absolute Gasteiger partial charge is 0.505 e. The predicted molar refractivity (Wildman–Crippen MR) is 124 cm³/mol. The molecule has 0 saturated carbocycles. The lowest BCUT2D eigenvalue weighted by Crippen LogP contribution is -2.37. The Kier molecular flexibility index (Phi) is 5.22. The summed E-state index contributed by atoms with van der Waals surface area (Å²) in [6, 6.07) is 15.6. The van der Waals surface area contributed by atoms with E-state index >= 15 is 0 Å². The molecule has 0 unspecified atom stereocenters. The Morgan fingerprint density at radius 2 is 1.94 bits per heavy atom. The first-order valence-electron chi connectivity index (χ1n) is 10.4. The average Bonchev–Trinajstić information content (AvgIpc) is 3.22. The van der Waals surface area contributed by atoms with Crippen molar-refractivity contribution in [2.45, 2.75) is 19.9 Å². The van der Waals surface area contributed by atoms with E-state index in [-0.39, 0.29) is 5.69 Å². The van der Waals surface area contributed by atoms with Crippen LogP contribution in [0.25, 0.3) is 16.9 Å². The number of fused-ring (bicyclic) bond motifs is 1. The van der Waals surface area contributed by atoms with Gasteiger partial charge in [-0.15, -0.1) is 0 Å². The third-order valence-corrected chi connectivity index (χ3v) is 5.95. The molecule has 33 heavy (non-hydrogen) atoms. The number of nitrogens with zero attached hydrogens (tertiary/aromatic N) is 4. The molecule has 3 heterocycles. The molecule has 1 aliphatic heterocycles. The van der Waals surface area contributed by atoms with Crippen molar-refractivity contribution in [2.75, 3.05) is 6.54 Å². The number of benzene rings is 2. The zero-order valence-corrected chi connectivity index (χ0v) is 18.5. The van der Waals surface area contributed by atoms with Gasteiger partial charge in [0.25, 0.3) is 11.5 Å². The van der Waals surface area contributed by atoms with E-state index in [1.807, 2.05) is 25.1 Å². The molecule has 0 spiro atoms. The van der Waals surface area contributed by atoms with Crippen LogP contribution in [0.5, 0.6) is 5.75 Å². The predicted octanol–water partition coefficient (Wildman–Crippen LogP) is 3.49. The van der Waals surface area contributed by atoms with Crippen LogP contribution in [0.1, 0.15) is 27.3 Å². The molecule has 9 heteroatoms. The van der Waals surface area contributed by atoms with Crippen LogP contribution in [0.4, 0.5) is 0 Å². The molecule has 0 atom stereocenters. The highest BCUT2D eigenvalue weighted by Gasteiger charge is 2.29. The molecule has 0 fully saturated rings. The number of carbonyl (C=O) groups excluding carboxylic acids is 1. The second-order valence-electron chi connectivity index (χ2n) is 7.98. The van der Waals surface area contributed by atoms with E-state index in [4.69, 9.17) is 11.6 Å². The van der Waals surface area contributed by atoms with Crippen molar-refractivity contribution in [3.05, 3.63) is 92.5 Å². The number of carbonyl (C=O) groups is 1. The zero-order valence-electron chi connectivity index (χ0n) is 17.7. The van der Waals surface area contributed by atoms with E-state index in [0.717, 1.165) is 38.8 Å². The number of amides is 1. The fourth-order valence-electron chi connectivity index (χ4n) is 4.01. The average molecular weight is 462 g/mol. The second kappa shape index (κ2) is 8.22. The Morgan fingerprint density at radius 1 is 1.15 bits per heavy atom. The topological polar surface area (TPSA) is 104 Å². The molecule has 1 amide bonds. The van der Waals surface area contributed by atoms with Gasteiger partial charge < -0.3 is 10.0 Å². The molecule has 5 rings (SSSR count). The van der Waals surface area contributed by atoms with Crippen LogP contribution in [0.3, 0.4) is 0 Å². The summed E-state index contributed by atoms with van der Waals surface area (Å²) in [5, 5.41) is 22.7. The van der Waals surface area contributed by atoms with Crippen LogP contribution in [0.15, 0.2) is 59.4 Å². The minimum atomic E-state index is -0.518. The summed E-state index contributed by atoms with van der Waals surface area (Å²) >= 11 is 6.00. The fraction of sp³-hybridized carbons (Fsp3) is 0.167. The van der Waals surface area contributed by atoms with E-state index in [1.54, 1.807) is 35.2 Å². The Balaban J connectivity index is 1.48. The van der Waals surface area contributed by atoms with Gasteiger partial charge in [-0.25, -0.2) is 0 Å². The van der Waals surface area contributed by atoms with E-state index < -0.39 is 17.2 Å². The van der Waals surface area contributed by atoms with Crippen LogP contribution < -0.4 is 5.56 Å². The van der Waals surface area contributed by atoms with E-state index in [1.165, 1.54) is 0 Å². The highest BCUT2D eigenvalue weighted by atomic mass is 35.5. The van der Waals surface area contributed by atoms with Crippen LogP contribution in [-0.4, -0.2) is 42.4 Å². The summed E-state index contributed by atoms with van der Waals surface area (Å²) in [7, 11) is 0. The third-order valence-electron chi connectivity index (χ3n) is 5.70. The smallest absolute Gasteiger partial charge is 0.278 e. The Morgan fingerprint density at radius 3 is 2.70 bits per heavy atom. The number of rotatable bonds is 3. The van der Waals surface area contributed by atoms with Gasteiger partial charge in [0, 0.05) is 40.9 Å². The number of aryl methyl sites for hydroxylation is 1. The molecule has 2 N–H and O–H groups in total. The van der Waals surface area contributed by atoms with Crippen LogP contribution in [0.2, 0.25) is 5.02 Å². The molecule has 0 saturated heterocycles. The number of aromatic amines is 1. The molecule has 4 aromatic rings. The molecule has 166 valence electrons. The van der Waals surface area contributed by atoms with Gasteiger partial charge in [0.2, 0.25) is 0 Å². The highest BCUT2D eigenvalue weighted by molar-refractivity contribution is 6.30. The number of nitrogens with one attached hydrogen (secondary N) is 1. The van der Waals surface area contributed by atoms with Gasteiger partial charge in [0.05, 0.1) is 17.9 Å². The highest BCUT2D eigenvalue weighted by Crippen LogP contribution is 2.30. The molecule has 0 bridgehead atoms. The molecule has 1 aliphatic rings. The maximum Gasteiger partial charge on any atom is 0.278 e. The summed E-state index contributed by atoms with van der Waals surface area (Å²) in [5.74, 6) is -0.896. The van der Waals surface area contributed by atoms with Gasteiger partial charge >= 0.3 is 0 Å². The molecule has 0 aliphatic carbocycles. The first-order chi connectivity index (χ1) is 15.9. The van der Waals surface area contributed by atoms with E-state index in [2.05, 4.69) is 15.3 Å². The summed E-state index contributed by atoms with van der Waals surface area (Å²) in [6.07, 6.45) is 0.583. The molecule has 2 aromatic carbocycles. The lowest BCUT2D eigenvalue weighted by Gasteiger charge is -2.27. The Labute approximate surface area is 194 Å². The number of H-pyrrole nitrogens is 1. The number of aromatic hydroxyl groups is 1. The molecule has 0 radical (unpaired) electrons. The van der Waals surface area contributed by atoms with Gasteiger partial charge in [-0.1, -0.05) is 35.9 Å². The normalized spacial score (nSPS) is 13.1. The standard InChI is InChI=1S/C24H20ClN5O3/c1-14-3-2-4-17(11-14)30-21(32)12-20(31)23(28-30)24(33)29-10-9-19-18(13-29)22(27-26-19)15-5-7-16(25)8-6-15/h2-8,11-12,31H,9-10,13H2,1H3,(H,26,27). The molecular formula is C24H20ClN5O3. The number of hydrogen-bond donors (Lipinski definition) is 2. The van der Waals surface area contributed by atoms with Crippen molar-refractivity contribution < 1.29 is 9.90 Å². The lowest BCUT2D eigenvalue weighted by atomic mass is 10.0. The Bertz CT molecular complexity index is 1430. The lowest BCUT2D eigenvalue weighted by molar-refractivity contribution is 0.0723. The van der Waals surface area contributed by atoms with Gasteiger partial charge in [-0.2, -0.15) is 14.9 Å². The second-order valence-corrected chi connectivity index (χ2v) is 8.42. The maximum atomic E-state index is 13.3. The minimum absolute atomic E-state index is 0.170. The monoisotopic (exact) mass is 461 g/mol. The Hall–Kier alpha value is -3.91. The molecule has 8 nitrogen and oxygen atoms in total. The summed E-state index contributed by atoms with van der Waals surface area (Å²) < 4.78 is 1.13. The van der Waals surface area contributed by atoms with Crippen molar-refractivity contribution in [1.29, 1.82) is 0 Å². The number of halogens is 1. The summed E-state index contributed by atoms with van der Waals surface area (Å²) in [5.41, 5.74) is 4.29. The minimum Gasteiger partial charge on any atom is -0.505 e. The summed E-state index contributed by atoms with van der Waals surface area (Å²) in [6.45, 7) is 2.63. The van der Waals surface area contributed by atoms with Crippen LogP contribution in [-0.2, 0) is 13.0 Å². The van der Waals surface area contributed by atoms with Gasteiger partial charge in [0.15, 0.2) is 11.4 Å². The molecule has 2 aromatic heterocycles. The van der Waals surface area contributed by atoms with E-state index in [9.17, 15) is 14.7 Å². The summed E-state index contributed by atoms with van der Waals surface area (Å²) in [4.78, 5) is 27.4. The number of aromatic nitrogens is 4. The third kappa shape index (κ3) is 3.89. The van der Waals surface area contributed by atoms with Gasteiger partial charge in [-0.05, 0) is 36.8 Å². The van der Waals surface area contributed by atoms with Gasteiger partial charge in [0.1, 0.15) is 0 Å². The quantitative estimate of drug-likeness (QED) is 0.486. The van der Waals surface area contributed by atoms with Crippen molar-refractivity contribution in [2.24, 2.45) is 0 Å². The van der Waals surface area contributed by atoms with Crippen molar-refractivity contribution in [3.63, 3.8) is 0 Å². The number of hydrogen-bond acceptors (Lipinski definition) is 5. The van der Waals surface area contributed by atoms with Crippen molar-refractivity contribution in [3.8, 4) is 22.7 Å². The maximum absolute atomic E-state index is 13.3. The van der Waals surface area contributed by atoms with Gasteiger partial charge in [-0.3, -0.25) is 14.7 Å². The van der Waals surface area contributed by atoms with Crippen LogP contribution in [0, 0.1) is 6.92 Å². The van der Waals surface area contributed by atoms with Crippen molar-refractivity contribution >= 4 is 17.5 Å². The first-order valence-corrected chi connectivity index (χ1v) is 10.8.